The SMILES string of the molecule is Cc1cc2cc(n1)-c1cnn(C)c1OCCC[C@@H](C)Cn1c(nc3ccc(N=S4(=O)CCC5(CCN(C)CC5)CC4)cc31)NC2=O. The molecule has 244 valence electrons. The maximum Gasteiger partial charge on any atom is 0.258 e. The Bertz CT molecular complexity index is 1900. The van der Waals surface area contributed by atoms with Crippen molar-refractivity contribution in [3.05, 3.63) is 47.8 Å². The summed E-state index contributed by atoms with van der Waals surface area (Å²) in [6.45, 7) is 7.51. The van der Waals surface area contributed by atoms with Gasteiger partial charge in [-0.3, -0.25) is 15.1 Å². The summed E-state index contributed by atoms with van der Waals surface area (Å²) in [6, 6.07) is 9.38. The number of rotatable bonds is 1. The van der Waals surface area contributed by atoms with E-state index in [1.54, 1.807) is 23.0 Å². The van der Waals surface area contributed by atoms with Gasteiger partial charge in [0.05, 0.1) is 50.5 Å². The number of benzene rings is 1. The molecule has 2 fully saturated rings. The predicted molar refractivity (Wildman–Crippen MR) is 181 cm³/mol. The quantitative estimate of drug-likeness (QED) is 0.278. The molecule has 6 heterocycles. The molecule has 2 bridgehead atoms. The van der Waals surface area contributed by atoms with Crippen LogP contribution in [0.4, 0.5) is 11.6 Å². The Hall–Kier alpha value is -3.77. The average Bonchev–Trinajstić information content (AvgIpc) is 3.56. The Morgan fingerprint density at radius 3 is 2.63 bits per heavy atom. The molecule has 3 aromatic heterocycles. The molecule has 1 amide bonds. The number of fused-ring (bicyclic) bond motifs is 7. The molecule has 46 heavy (non-hydrogen) atoms. The molecule has 1 spiro atoms. The van der Waals surface area contributed by atoms with Crippen LogP contribution in [0.1, 0.15) is 61.5 Å². The number of carbonyl (C=O) groups is 1. The van der Waals surface area contributed by atoms with Crippen molar-refractivity contribution in [3.8, 4) is 17.1 Å². The third-order valence-corrected chi connectivity index (χ3v) is 12.4. The topological polar surface area (TPSA) is 120 Å². The van der Waals surface area contributed by atoms with Crippen molar-refractivity contribution >= 4 is 38.3 Å². The zero-order chi connectivity index (χ0) is 32.1. The first-order valence-electron chi connectivity index (χ1n) is 16.5. The van der Waals surface area contributed by atoms with Gasteiger partial charge in [0.25, 0.3) is 5.91 Å². The second kappa shape index (κ2) is 12.1. The lowest BCUT2D eigenvalue weighted by Crippen LogP contribution is -2.42. The van der Waals surface area contributed by atoms with Crippen molar-refractivity contribution in [1.82, 2.24) is 29.2 Å². The lowest BCUT2D eigenvalue weighted by Gasteiger charge is -2.43. The van der Waals surface area contributed by atoms with Crippen LogP contribution in [0.2, 0.25) is 0 Å². The van der Waals surface area contributed by atoms with Crippen LogP contribution in [0.3, 0.4) is 0 Å². The van der Waals surface area contributed by atoms with Crippen molar-refractivity contribution < 1.29 is 13.7 Å². The molecule has 1 atom stereocenters. The summed E-state index contributed by atoms with van der Waals surface area (Å²) in [5.41, 5.74) is 5.26. The maximum atomic E-state index is 14.0. The van der Waals surface area contributed by atoms with Gasteiger partial charge in [0.15, 0.2) is 0 Å². The van der Waals surface area contributed by atoms with Gasteiger partial charge < -0.3 is 14.2 Å². The van der Waals surface area contributed by atoms with E-state index in [1.807, 2.05) is 32.2 Å². The number of nitrogens with zero attached hydrogens (tertiary/aromatic N) is 7. The fraction of sp³-hybridized carbons (Fsp3) is 0.529. The number of amides is 1. The number of anilines is 1. The second-order valence-electron chi connectivity index (χ2n) is 13.7. The first-order chi connectivity index (χ1) is 22.1. The zero-order valence-electron chi connectivity index (χ0n) is 27.3. The molecule has 1 aromatic carbocycles. The third-order valence-electron chi connectivity index (χ3n) is 10.1. The van der Waals surface area contributed by atoms with Gasteiger partial charge in [0.1, 0.15) is 0 Å². The molecule has 3 aliphatic heterocycles. The first kappa shape index (κ1) is 30.9. The van der Waals surface area contributed by atoms with E-state index in [0.717, 1.165) is 55.4 Å². The lowest BCUT2D eigenvalue weighted by molar-refractivity contribution is 0.102. The summed E-state index contributed by atoms with van der Waals surface area (Å²) in [4.78, 5) is 25.7. The Kier molecular flexibility index (Phi) is 8.12. The van der Waals surface area contributed by atoms with E-state index < -0.39 is 9.73 Å². The van der Waals surface area contributed by atoms with E-state index in [9.17, 15) is 9.00 Å². The number of pyridine rings is 1. The molecule has 0 aliphatic carbocycles. The number of hydrogen-bond acceptors (Lipinski definition) is 8. The summed E-state index contributed by atoms with van der Waals surface area (Å²) < 4.78 is 28.9. The van der Waals surface area contributed by atoms with E-state index >= 15 is 0 Å². The van der Waals surface area contributed by atoms with Crippen molar-refractivity contribution in [2.45, 2.75) is 58.9 Å². The van der Waals surface area contributed by atoms with Gasteiger partial charge in [-0.25, -0.2) is 13.9 Å². The molecule has 0 radical (unpaired) electrons. The van der Waals surface area contributed by atoms with Crippen molar-refractivity contribution in [3.63, 3.8) is 0 Å². The summed E-state index contributed by atoms with van der Waals surface area (Å²) in [5.74, 6) is 2.44. The minimum absolute atomic E-state index is 0.268. The maximum absolute atomic E-state index is 14.0. The van der Waals surface area contributed by atoms with Crippen LogP contribution in [0, 0.1) is 18.3 Å². The van der Waals surface area contributed by atoms with E-state index in [1.165, 1.54) is 12.8 Å². The monoisotopic (exact) mass is 644 g/mol. The van der Waals surface area contributed by atoms with Crippen LogP contribution >= 0.6 is 0 Å². The molecular formula is C34H44N8O3S. The standard InChI is InChI=1S/C34H44N8O3S/c1-23-6-5-15-45-32-27(21-35-41(32)4)29-19-25(18-24(2)36-29)31(43)38-33-37-28-8-7-26(20-30(28)42(33)22-23)39-46(44)16-11-34(12-17-46)9-13-40(3)14-10-34/h7-8,18-21,23H,5-6,9-17,22H2,1-4H3,(H,37,38,43)/t23-/m1/s1. The number of aryl methyl sites for hydroxylation is 2. The second-order valence-corrected chi connectivity index (χ2v) is 16.3. The lowest BCUT2D eigenvalue weighted by atomic mass is 9.74. The summed E-state index contributed by atoms with van der Waals surface area (Å²) in [5, 5.41) is 7.49. The van der Waals surface area contributed by atoms with Crippen LogP contribution in [-0.2, 0) is 23.3 Å². The van der Waals surface area contributed by atoms with E-state index in [4.69, 9.17) is 19.1 Å². The molecule has 12 heteroatoms. The van der Waals surface area contributed by atoms with Gasteiger partial charge in [-0.15, -0.1) is 0 Å². The van der Waals surface area contributed by atoms with Gasteiger partial charge in [0, 0.05) is 36.4 Å². The highest BCUT2D eigenvalue weighted by atomic mass is 32.2. The van der Waals surface area contributed by atoms with Gasteiger partial charge in [-0.05, 0) is 107 Å². The number of imidazole rings is 1. The van der Waals surface area contributed by atoms with Crippen molar-refractivity contribution in [2.75, 3.05) is 43.6 Å². The minimum Gasteiger partial charge on any atom is -0.477 e. The number of nitrogens with one attached hydrogen (secondary N) is 1. The molecule has 1 N–H and O–H groups in total. The number of carbonyl (C=O) groups excluding carboxylic acids is 1. The van der Waals surface area contributed by atoms with E-state index in [0.29, 0.717) is 64.5 Å². The number of aromatic nitrogens is 5. The van der Waals surface area contributed by atoms with Crippen molar-refractivity contribution in [2.24, 2.45) is 22.7 Å². The third kappa shape index (κ3) is 6.16. The Labute approximate surface area is 270 Å². The number of piperidine rings is 1. The smallest absolute Gasteiger partial charge is 0.258 e. The van der Waals surface area contributed by atoms with Crippen LogP contribution in [0.15, 0.2) is 40.9 Å². The fourth-order valence-corrected chi connectivity index (χ4v) is 9.58. The minimum atomic E-state index is -2.34. The van der Waals surface area contributed by atoms with Crippen molar-refractivity contribution in [1.29, 1.82) is 0 Å². The van der Waals surface area contributed by atoms with Crippen LogP contribution < -0.4 is 10.1 Å². The average molecular weight is 645 g/mol. The Balaban J connectivity index is 1.22. The molecule has 4 aromatic rings. The number of likely N-dealkylation sites (tertiary alicyclic amines) is 1. The normalized spacial score (nSPS) is 21.8. The van der Waals surface area contributed by atoms with Crippen LogP contribution in [0.25, 0.3) is 22.3 Å². The van der Waals surface area contributed by atoms with Gasteiger partial charge in [-0.1, -0.05) is 6.92 Å². The molecule has 0 saturated carbocycles. The predicted octanol–water partition coefficient (Wildman–Crippen LogP) is 5.81. The summed E-state index contributed by atoms with van der Waals surface area (Å²) in [6.07, 6.45) is 7.85. The van der Waals surface area contributed by atoms with E-state index in [-0.39, 0.29) is 11.8 Å². The molecule has 11 nitrogen and oxygen atoms in total. The van der Waals surface area contributed by atoms with Crippen LogP contribution in [0.5, 0.6) is 5.88 Å². The fourth-order valence-electron chi connectivity index (χ4n) is 7.19. The number of hydrogen-bond donors (Lipinski definition) is 1. The Morgan fingerprint density at radius 2 is 1.85 bits per heavy atom. The van der Waals surface area contributed by atoms with Gasteiger partial charge in [0.2, 0.25) is 11.8 Å². The molecule has 2 saturated heterocycles. The van der Waals surface area contributed by atoms with E-state index in [2.05, 4.69) is 33.9 Å². The number of ether oxygens (including phenoxy) is 1. The highest BCUT2D eigenvalue weighted by Crippen LogP contribution is 2.43. The highest BCUT2D eigenvalue weighted by molar-refractivity contribution is 7.93. The molecular weight excluding hydrogens is 600 g/mol. The highest BCUT2D eigenvalue weighted by Gasteiger charge is 2.38. The molecule has 0 unspecified atom stereocenters. The van der Waals surface area contributed by atoms with Gasteiger partial charge >= 0.3 is 0 Å². The first-order valence-corrected chi connectivity index (χ1v) is 18.3. The Morgan fingerprint density at radius 1 is 1.07 bits per heavy atom. The van der Waals surface area contributed by atoms with Crippen LogP contribution in [-0.4, -0.2) is 77.6 Å². The molecule has 3 aliphatic rings. The zero-order valence-corrected chi connectivity index (χ0v) is 28.1. The molecule has 7 rings (SSSR count). The summed E-state index contributed by atoms with van der Waals surface area (Å²) >= 11 is 0. The largest absolute Gasteiger partial charge is 0.477 e. The summed E-state index contributed by atoms with van der Waals surface area (Å²) in [7, 11) is 1.70. The van der Waals surface area contributed by atoms with Gasteiger partial charge in [-0.2, -0.15) is 9.46 Å².